The van der Waals surface area contributed by atoms with Gasteiger partial charge in [-0.3, -0.25) is 14.3 Å². The predicted molar refractivity (Wildman–Crippen MR) is 96.0 cm³/mol. The molecule has 0 bridgehead atoms. The highest BCUT2D eigenvalue weighted by Gasteiger charge is 2.36. The van der Waals surface area contributed by atoms with E-state index in [-0.39, 0.29) is 18.6 Å². The lowest BCUT2D eigenvalue weighted by Crippen LogP contribution is -2.34. The van der Waals surface area contributed by atoms with E-state index in [0.717, 1.165) is 0 Å². The highest BCUT2D eigenvalue weighted by atomic mass is 79.9. The first-order valence-electron chi connectivity index (χ1n) is 7.92. The van der Waals surface area contributed by atoms with E-state index in [4.69, 9.17) is 14.2 Å². The van der Waals surface area contributed by atoms with Gasteiger partial charge >= 0.3 is 11.8 Å². The van der Waals surface area contributed by atoms with Crippen LogP contribution in [0.2, 0.25) is 0 Å². The molecule has 0 aromatic carbocycles. The van der Waals surface area contributed by atoms with Gasteiger partial charge in [-0.25, -0.2) is 9.59 Å². The summed E-state index contributed by atoms with van der Waals surface area (Å²) in [6.45, 7) is 4.88. The molecule has 3 atom stereocenters. The van der Waals surface area contributed by atoms with Crippen LogP contribution in [0, 0.1) is 0 Å². The molecule has 1 aliphatic heterocycles. The molecule has 1 unspecified atom stereocenters. The molecule has 1 fully saturated rings. The number of nitrogens with zero attached hydrogens (tertiary/aromatic N) is 1. The van der Waals surface area contributed by atoms with Gasteiger partial charge in [0.15, 0.2) is 0 Å². The number of ether oxygens (including phenoxy) is 3. The third-order valence-corrected chi connectivity index (χ3v) is 3.77. The van der Waals surface area contributed by atoms with Gasteiger partial charge in [-0.1, -0.05) is 15.9 Å². The fourth-order valence-corrected chi connectivity index (χ4v) is 2.65. The summed E-state index contributed by atoms with van der Waals surface area (Å²) in [5.41, 5.74) is -1.65. The molecule has 0 radical (unpaired) electrons. The Morgan fingerprint density at radius 3 is 2.81 bits per heavy atom. The summed E-state index contributed by atoms with van der Waals surface area (Å²) < 4.78 is 16.8. The van der Waals surface area contributed by atoms with Crippen molar-refractivity contribution >= 4 is 28.2 Å². The topological polar surface area (TPSA) is 120 Å². The van der Waals surface area contributed by atoms with Crippen molar-refractivity contribution in [2.45, 2.75) is 51.2 Å². The first kappa shape index (κ1) is 20.4. The number of H-pyrrole nitrogens is 1. The molecule has 26 heavy (non-hydrogen) atoms. The quantitative estimate of drug-likeness (QED) is 0.691. The molecule has 144 valence electrons. The standard InChI is InChI=1S/C16H21BrN2O7/c1-16(2,3)26-15(23)24-8-11-10(20)6-12(25-11)19-7-9(4-5-17)13(21)18-14(19)22/h4-5,7,10-12,20H,6,8H2,1-3H3,(H,18,21,22)/t10?,11-,12-/m0/s1. The molecule has 0 aliphatic carbocycles. The first-order chi connectivity index (χ1) is 12.1. The SMILES string of the molecule is CC(C)(C)OC(=O)OC[C@@H]1O[C@H](n2cc(C=CBr)c(=O)[nH]c2=O)CC1O. The molecule has 0 saturated carbocycles. The van der Waals surface area contributed by atoms with Gasteiger partial charge in [0.25, 0.3) is 5.56 Å². The smallest absolute Gasteiger partial charge is 0.431 e. The van der Waals surface area contributed by atoms with Gasteiger partial charge in [-0.05, 0) is 31.8 Å². The minimum absolute atomic E-state index is 0.103. The summed E-state index contributed by atoms with van der Waals surface area (Å²) in [6, 6.07) is 0. The molecule has 0 spiro atoms. The molecule has 1 saturated heterocycles. The number of aliphatic hydroxyl groups is 1. The highest BCUT2D eigenvalue weighted by Crippen LogP contribution is 2.28. The zero-order chi connectivity index (χ0) is 19.5. The van der Waals surface area contributed by atoms with Crippen molar-refractivity contribution in [3.8, 4) is 0 Å². The van der Waals surface area contributed by atoms with E-state index in [1.807, 2.05) is 0 Å². The maximum Gasteiger partial charge on any atom is 0.508 e. The highest BCUT2D eigenvalue weighted by molar-refractivity contribution is 9.11. The molecule has 9 nitrogen and oxygen atoms in total. The Morgan fingerprint density at radius 1 is 1.50 bits per heavy atom. The number of aliphatic hydroxyl groups excluding tert-OH is 1. The van der Waals surface area contributed by atoms with Crippen molar-refractivity contribution in [3.05, 3.63) is 37.6 Å². The molecule has 1 aliphatic rings. The third-order valence-electron chi connectivity index (χ3n) is 3.51. The van der Waals surface area contributed by atoms with Crippen LogP contribution in [0.1, 0.15) is 39.0 Å². The molecule has 10 heteroatoms. The Kier molecular flexibility index (Phi) is 6.43. The molecule has 2 rings (SSSR count). The summed E-state index contributed by atoms with van der Waals surface area (Å²) in [4.78, 5) is 39.0. The number of aromatic nitrogens is 2. The van der Waals surface area contributed by atoms with Crippen LogP contribution in [0.25, 0.3) is 6.08 Å². The number of hydrogen-bond donors (Lipinski definition) is 2. The molecule has 0 amide bonds. The number of halogens is 1. The predicted octanol–water partition coefficient (Wildman–Crippen LogP) is 1.50. The number of nitrogens with one attached hydrogen (secondary N) is 1. The van der Waals surface area contributed by atoms with Crippen molar-refractivity contribution in [2.24, 2.45) is 0 Å². The van der Waals surface area contributed by atoms with E-state index in [1.165, 1.54) is 21.8 Å². The third kappa shape index (κ3) is 5.29. The number of carbonyl (C=O) groups is 1. The van der Waals surface area contributed by atoms with E-state index < -0.39 is 41.4 Å². The van der Waals surface area contributed by atoms with Crippen LogP contribution in [-0.4, -0.2) is 45.2 Å². The molecular weight excluding hydrogens is 412 g/mol. The minimum atomic E-state index is -0.948. The lowest BCUT2D eigenvalue weighted by Gasteiger charge is -2.20. The molecule has 1 aromatic rings. The fourth-order valence-electron chi connectivity index (χ4n) is 2.37. The fraction of sp³-hybridized carbons (Fsp3) is 0.562. The van der Waals surface area contributed by atoms with Gasteiger partial charge in [0, 0.05) is 12.6 Å². The summed E-state index contributed by atoms with van der Waals surface area (Å²) in [5.74, 6) is 0. The van der Waals surface area contributed by atoms with Crippen LogP contribution in [0.5, 0.6) is 0 Å². The summed E-state index contributed by atoms with van der Waals surface area (Å²) in [5, 5.41) is 10.1. The second-order valence-electron chi connectivity index (χ2n) is 6.75. The molecular formula is C16H21BrN2O7. The van der Waals surface area contributed by atoms with E-state index in [2.05, 4.69) is 20.9 Å². The van der Waals surface area contributed by atoms with Gasteiger partial charge in [-0.2, -0.15) is 0 Å². The number of hydrogen-bond acceptors (Lipinski definition) is 7. The Hall–Kier alpha value is -1.91. The van der Waals surface area contributed by atoms with Crippen molar-refractivity contribution in [1.82, 2.24) is 9.55 Å². The van der Waals surface area contributed by atoms with Crippen LogP contribution in [0.15, 0.2) is 20.8 Å². The zero-order valence-corrected chi connectivity index (χ0v) is 16.2. The van der Waals surface area contributed by atoms with E-state index in [9.17, 15) is 19.5 Å². The summed E-state index contributed by atoms with van der Waals surface area (Å²) >= 11 is 3.07. The lowest BCUT2D eigenvalue weighted by atomic mass is 10.2. The molecule has 1 aromatic heterocycles. The number of rotatable bonds is 4. The minimum Gasteiger partial charge on any atom is -0.431 e. The van der Waals surface area contributed by atoms with Crippen LogP contribution >= 0.6 is 15.9 Å². The van der Waals surface area contributed by atoms with Gasteiger partial charge in [-0.15, -0.1) is 0 Å². The molecule has 2 N–H and O–H groups in total. The summed E-state index contributed by atoms with van der Waals surface area (Å²) in [6.07, 6.45) is -0.521. The van der Waals surface area contributed by atoms with Gasteiger partial charge in [0.05, 0.1) is 11.7 Å². The zero-order valence-electron chi connectivity index (χ0n) is 14.6. The monoisotopic (exact) mass is 432 g/mol. The van der Waals surface area contributed by atoms with E-state index >= 15 is 0 Å². The average Bonchev–Trinajstić information content (AvgIpc) is 2.87. The van der Waals surface area contributed by atoms with Crippen molar-refractivity contribution in [3.63, 3.8) is 0 Å². The van der Waals surface area contributed by atoms with Crippen LogP contribution < -0.4 is 11.2 Å². The van der Waals surface area contributed by atoms with E-state index in [0.29, 0.717) is 0 Å². The van der Waals surface area contributed by atoms with Crippen LogP contribution in [0.4, 0.5) is 4.79 Å². The Labute approximate surface area is 157 Å². The van der Waals surface area contributed by atoms with Gasteiger partial charge in [0.1, 0.15) is 24.5 Å². The first-order valence-corrected chi connectivity index (χ1v) is 8.84. The maximum atomic E-state index is 12.0. The van der Waals surface area contributed by atoms with Crippen molar-refractivity contribution < 1.29 is 24.1 Å². The largest absolute Gasteiger partial charge is 0.508 e. The Balaban J connectivity index is 2.07. The number of carbonyl (C=O) groups excluding carboxylic acids is 1. The average molecular weight is 433 g/mol. The van der Waals surface area contributed by atoms with Crippen LogP contribution in [-0.2, 0) is 14.2 Å². The second-order valence-corrected chi connectivity index (χ2v) is 7.28. The Bertz CT molecular complexity index is 793. The normalized spacial score (nSPS) is 23.3. The van der Waals surface area contributed by atoms with E-state index in [1.54, 1.807) is 20.8 Å². The van der Waals surface area contributed by atoms with Gasteiger partial charge < -0.3 is 19.3 Å². The van der Waals surface area contributed by atoms with Crippen molar-refractivity contribution in [1.29, 1.82) is 0 Å². The second kappa shape index (κ2) is 8.19. The Morgan fingerprint density at radius 2 is 2.19 bits per heavy atom. The lowest BCUT2D eigenvalue weighted by molar-refractivity contribution is -0.0694. The maximum absolute atomic E-state index is 12.0. The molecule has 2 heterocycles. The van der Waals surface area contributed by atoms with Gasteiger partial charge in [0.2, 0.25) is 0 Å². The van der Waals surface area contributed by atoms with Crippen molar-refractivity contribution in [2.75, 3.05) is 6.61 Å². The number of aromatic amines is 1. The summed E-state index contributed by atoms with van der Waals surface area (Å²) in [7, 11) is 0. The van der Waals surface area contributed by atoms with Crippen LogP contribution in [0.3, 0.4) is 0 Å².